The predicted molar refractivity (Wildman–Crippen MR) is 52.0 cm³/mol. The molecule has 0 amide bonds. The molecule has 12 heteroatoms. The first-order chi connectivity index (χ1) is 7.47. The fraction of sp³-hybridized carbons (Fsp3) is 1.00. The van der Waals surface area contributed by atoms with E-state index in [1.54, 1.807) is 6.92 Å². The first kappa shape index (κ1) is 17.4. The second kappa shape index (κ2) is 6.57. The SMILES string of the molecule is CCCOCP(=O)([O-])OP(=O)([O-])OP(C)(=O)[O-]. The highest BCUT2D eigenvalue weighted by Crippen LogP contribution is 2.61. The molecule has 0 spiro atoms. The summed E-state index contributed by atoms with van der Waals surface area (Å²) in [4.78, 5) is 32.4. The van der Waals surface area contributed by atoms with Crippen LogP contribution in [0.2, 0.25) is 0 Å². The molecule has 0 aromatic carbocycles. The molecule has 0 aliphatic carbocycles. The van der Waals surface area contributed by atoms with Crippen LogP contribution in [0.3, 0.4) is 0 Å². The van der Waals surface area contributed by atoms with Gasteiger partial charge in [-0.1, -0.05) is 6.92 Å². The van der Waals surface area contributed by atoms with Crippen LogP contribution >= 0.6 is 23.0 Å². The Kier molecular flexibility index (Phi) is 6.74. The van der Waals surface area contributed by atoms with Crippen LogP contribution in [-0.2, 0) is 27.1 Å². The van der Waals surface area contributed by atoms with Crippen LogP contribution in [0.1, 0.15) is 13.3 Å². The molecule has 0 aliphatic rings. The Labute approximate surface area is 98.4 Å². The van der Waals surface area contributed by atoms with Crippen LogP contribution in [0.5, 0.6) is 0 Å². The van der Waals surface area contributed by atoms with E-state index >= 15 is 0 Å². The molecule has 0 heterocycles. The van der Waals surface area contributed by atoms with E-state index in [2.05, 4.69) is 13.4 Å². The van der Waals surface area contributed by atoms with E-state index in [-0.39, 0.29) is 6.61 Å². The lowest BCUT2D eigenvalue weighted by molar-refractivity contribution is -0.236. The smallest absolute Gasteiger partial charge is 0.277 e. The van der Waals surface area contributed by atoms with Crippen LogP contribution in [0.15, 0.2) is 0 Å². The molecule has 0 saturated carbocycles. The van der Waals surface area contributed by atoms with Crippen molar-refractivity contribution in [2.75, 3.05) is 19.6 Å². The molecule has 3 atom stereocenters. The van der Waals surface area contributed by atoms with Crippen molar-refractivity contribution in [2.24, 2.45) is 0 Å². The van der Waals surface area contributed by atoms with Gasteiger partial charge in [0, 0.05) is 13.3 Å². The van der Waals surface area contributed by atoms with Gasteiger partial charge in [0.25, 0.3) is 7.82 Å². The average Bonchev–Trinajstić information content (AvgIpc) is 1.96. The van der Waals surface area contributed by atoms with Crippen molar-refractivity contribution in [3.05, 3.63) is 0 Å². The minimum atomic E-state index is -5.47. The maximum atomic E-state index is 11.0. The Balaban J connectivity index is 4.44. The summed E-state index contributed by atoms with van der Waals surface area (Å²) in [5.74, 6) is 0. The highest BCUT2D eigenvalue weighted by molar-refractivity contribution is 7.67. The van der Waals surface area contributed by atoms with Crippen LogP contribution in [0, 0.1) is 0 Å². The van der Waals surface area contributed by atoms with E-state index in [4.69, 9.17) is 0 Å². The van der Waals surface area contributed by atoms with Gasteiger partial charge in [-0.15, -0.1) is 0 Å². The maximum Gasteiger partial charge on any atom is 0.277 e. The second-order valence-corrected chi connectivity index (χ2v) is 8.25. The summed E-state index contributed by atoms with van der Waals surface area (Å²) in [6.07, 6.45) is -0.459. The van der Waals surface area contributed by atoms with Crippen molar-refractivity contribution < 1.29 is 41.7 Å². The molecule has 3 unspecified atom stereocenters. The summed E-state index contributed by atoms with van der Waals surface area (Å²) in [7, 11) is -15.0. The lowest BCUT2D eigenvalue weighted by atomic mass is 10.5. The van der Waals surface area contributed by atoms with Gasteiger partial charge in [-0.05, 0) is 6.42 Å². The third-order valence-corrected chi connectivity index (χ3v) is 5.35. The van der Waals surface area contributed by atoms with Crippen molar-refractivity contribution in [3.63, 3.8) is 0 Å². The molecule has 0 aromatic heterocycles. The van der Waals surface area contributed by atoms with Crippen LogP contribution in [-0.4, -0.2) is 19.6 Å². The van der Waals surface area contributed by atoms with Gasteiger partial charge in [0.15, 0.2) is 7.60 Å². The monoisotopic (exact) mass is 309 g/mol. The summed E-state index contributed by atoms with van der Waals surface area (Å²) in [6.45, 7) is 2.26. The molecular weight excluding hydrogens is 297 g/mol. The van der Waals surface area contributed by atoms with Gasteiger partial charge in [-0.25, -0.2) is 0 Å². The molecule has 17 heavy (non-hydrogen) atoms. The van der Waals surface area contributed by atoms with Crippen molar-refractivity contribution in [1.29, 1.82) is 0 Å². The van der Waals surface area contributed by atoms with Gasteiger partial charge >= 0.3 is 0 Å². The minimum absolute atomic E-state index is 0.0907. The van der Waals surface area contributed by atoms with Crippen molar-refractivity contribution >= 4 is 23.0 Å². The quantitative estimate of drug-likeness (QED) is 0.431. The molecule has 104 valence electrons. The Morgan fingerprint density at radius 3 is 2.00 bits per heavy atom. The number of rotatable bonds is 8. The Morgan fingerprint density at radius 2 is 1.59 bits per heavy atom. The molecule has 9 nitrogen and oxygen atoms in total. The molecule has 0 aliphatic heterocycles. The summed E-state index contributed by atoms with van der Waals surface area (Å²) in [5, 5.41) is 0. The fourth-order valence-electron chi connectivity index (χ4n) is 0.693. The third-order valence-electron chi connectivity index (χ3n) is 1.07. The molecule has 0 bridgehead atoms. The third kappa shape index (κ3) is 10.1. The minimum Gasteiger partial charge on any atom is -0.778 e. The Bertz CT molecular complexity index is 373. The number of phosphoric acid groups is 1. The van der Waals surface area contributed by atoms with E-state index in [1.165, 1.54) is 0 Å². The first-order valence-electron chi connectivity index (χ1n) is 4.37. The van der Waals surface area contributed by atoms with Gasteiger partial charge in [0.2, 0.25) is 0 Å². The van der Waals surface area contributed by atoms with E-state index in [9.17, 15) is 28.4 Å². The van der Waals surface area contributed by atoms with Crippen molar-refractivity contribution in [3.8, 4) is 0 Å². The standard InChI is InChI=1S/C5H15O9P3/c1-3-4-12-5-16(8,9)14-17(10,11)13-15(2,6)7/h3-5H2,1-2H3,(H,6,7)(H,8,9)(H,10,11)/p-3. The Hall–Kier alpha value is 0.450. The van der Waals surface area contributed by atoms with E-state index in [0.717, 1.165) is 0 Å². The number of ether oxygens (including phenoxy) is 1. The largest absolute Gasteiger partial charge is 0.778 e. The van der Waals surface area contributed by atoms with Gasteiger partial charge in [-0.3, -0.25) is 13.2 Å². The predicted octanol–water partition coefficient (Wildman–Crippen LogP) is -0.391. The zero-order chi connectivity index (χ0) is 13.7. The molecule has 0 radical (unpaired) electrons. The summed E-state index contributed by atoms with van der Waals surface area (Å²) in [5.41, 5.74) is 0. The molecule has 0 N–H and O–H groups in total. The lowest BCUT2D eigenvalue weighted by Crippen LogP contribution is -2.16. The molecule has 0 rings (SSSR count). The highest BCUT2D eigenvalue weighted by Gasteiger charge is 2.22. The number of hydrogen-bond donors (Lipinski definition) is 0. The molecule has 0 aromatic rings. The van der Waals surface area contributed by atoms with Gasteiger partial charge < -0.3 is 28.5 Å². The Morgan fingerprint density at radius 1 is 1.06 bits per heavy atom. The van der Waals surface area contributed by atoms with E-state index in [1.807, 2.05) is 0 Å². The average molecular weight is 309 g/mol. The second-order valence-electron chi connectivity index (χ2n) is 3.03. The topological polar surface area (TPSA) is 148 Å². The van der Waals surface area contributed by atoms with Gasteiger partial charge in [0.1, 0.15) is 13.9 Å². The maximum absolute atomic E-state index is 11.0. The van der Waals surface area contributed by atoms with Crippen molar-refractivity contribution in [2.45, 2.75) is 13.3 Å². The lowest BCUT2D eigenvalue weighted by Gasteiger charge is -2.33. The van der Waals surface area contributed by atoms with Crippen LogP contribution < -0.4 is 14.7 Å². The van der Waals surface area contributed by atoms with Crippen LogP contribution in [0.25, 0.3) is 0 Å². The van der Waals surface area contributed by atoms with Gasteiger partial charge in [0.05, 0.1) is 0 Å². The van der Waals surface area contributed by atoms with E-state index < -0.39 is 29.4 Å². The highest BCUT2D eigenvalue weighted by atomic mass is 31.3. The normalized spacial score (nSPS) is 22.4. The number of hydrogen-bond acceptors (Lipinski definition) is 9. The van der Waals surface area contributed by atoms with Crippen molar-refractivity contribution in [1.82, 2.24) is 0 Å². The zero-order valence-electron chi connectivity index (χ0n) is 9.14. The molecular formula is C5H12O9P3-3. The summed E-state index contributed by atoms with van der Waals surface area (Å²) >= 11 is 0. The summed E-state index contributed by atoms with van der Waals surface area (Å²) in [6, 6.07) is 0. The molecule has 0 saturated heterocycles. The summed E-state index contributed by atoms with van der Waals surface area (Å²) < 4.78 is 44.2. The van der Waals surface area contributed by atoms with Crippen LogP contribution in [0.4, 0.5) is 0 Å². The molecule has 0 fully saturated rings. The zero-order valence-corrected chi connectivity index (χ0v) is 11.8. The fourth-order valence-corrected chi connectivity index (χ4v) is 4.29. The van der Waals surface area contributed by atoms with Gasteiger partial charge in [-0.2, -0.15) is 0 Å². The first-order valence-corrected chi connectivity index (χ1v) is 9.55. The van der Waals surface area contributed by atoms with E-state index in [0.29, 0.717) is 13.1 Å².